The highest BCUT2D eigenvalue weighted by atomic mass is 15.3. The summed E-state index contributed by atoms with van der Waals surface area (Å²) in [5.41, 5.74) is 7.93. The monoisotopic (exact) mass is 192 g/mol. The van der Waals surface area contributed by atoms with Gasteiger partial charge in [-0.2, -0.15) is 0 Å². The average Bonchev–Trinajstić information content (AvgIpc) is 2.18. The van der Waals surface area contributed by atoms with Crippen molar-refractivity contribution in [3.8, 4) is 0 Å². The van der Waals surface area contributed by atoms with Gasteiger partial charge in [0.15, 0.2) is 0 Å². The fraction of sp³-hybridized carbons (Fsp3) is 0.500. The highest BCUT2D eigenvalue weighted by molar-refractivity contribution is 5.61. The van der Waals surface area contributed by atoms with Crippen molar-refractivity contribution in [2.75, 3.05) is 30.9 Å². The van der Waals surface area contributed by atoms with Crippen molar-refractivity contribution in [2.45, 2.75) is 13.5 Å². The lowest BCUT2D eigenvalue weighted by Gasteiger charge is -2.35. The van der Waals surface area contributed by atoms with Gasteiger partial charge in [-0.25, -0.2) is 4.98 Å². The molecule has 0 atom stereocenters. The van der Waals surface area contributed by atoms with Crippen LogP contribution in [0.2, 0.25) is 0 Å². The molecule has 2 N–H and O–H groups in total. The molecule has 0 saturated heterocycles. The Labute approximate surface area is 84.3 Å². The van der Waals surface area contributed by atoms with Crippen LogP contribution in [-0.2, 0) is 6.54 Å². The molecule has 0 bridgehead atoms. The van der Waals surface area contributed by atoms with E-state index in [4.69, 9.17) is 5.73 Å². The second-order valence-corrected chi connectivity index (χ2v) is 3.71. The lowest BCUT2D eigenvalue weighted by Crippen LogP contribution is -2.41. The van der Waals surface area contributed by atoms with E-state index in [-0.39, 0.29) is 0 Å². The highest BCUT2D eigenvalue weighted by Crippen LogP contribution is 2.27. The summed E-state index contributed by atoms with van der Waals surface area (Å²) in [6, 6.07) is 1.87. The van der Waals surface area contributed by atoms with Crippen molar-refractivity contribution < 1.29 is 0 Å². The molecule has 0 amide bonds. The molecular formula is C10H16N4. The Hall–Kier alpha value is -1.29. The molecule has 1 aliphatic rings. The van der Waals surface area contributed by atoms with Crippen LogP contribution in [0.4, 0.5) is 11.5 Å². The van der Waals surface area contributed by atoms with Gasteiger partial charge in [-0.05, 0) is 20.0 Å². The fourth-order valence-electron chi connectivity index (χ4n) is 1.86. The van der Waals surface area contributed by atoms with Crippen LogP contribution in [0, 0.1) is 0 Å². The standard InChI is InChI=1S/C10H16N4/c1-3-14-7-13(2)6-8-9(11)4-5-12-10(8)14/h4-5H,3,6-7H2,1-2H3,(H2,11,12). The third kappa shape index (κ3) is 1.42. The predicted octanol–water partition coefficient (Wildman–Crippen LogP) is 0.893. The molecule has 14 heavy (non-hydrogen) atoms. The first-order chi connectivity index (χ1) is 6.72. The van der Waals surface area contributed by atoms with Crippen LogP contribution in [-0.4, -0.2) is 30.1 Å². The van der Waals surface area contributed by atoms with E-state index in [1.165, 1.54) is 0 Å². The van der Waals surface area contributed by atoms with Crippen LogP contribution >= 0.6 is 0 Å². The molecule has 2 heterocycles. The van der Waals surface area contributed by atoms with Gasteiger partial charge in [0.05, 0.1) is 6.67 Å². The molecule has 0 fully saturated rings. The molecule has 0 radical (unpaired) electrons. The number of anilines is 2. The Morgan fingerprint density at radius 3 is 3.07 bits per heavy atom. The second kappa shape index (κ2) is 3.46. The van der Waals surface area contributed by atoms with Gasteiger partial charge in [0.2, 0.25) is 0 Å². The Kier molecular flexibility index (Phi) is 2.29. The maximum atomic E-state index is 5.93. The first-order valence-corrected chi connectivity index (χ1v) is 4.89. The number of nitrogens with zero attached hydrogens (tertiary/aromatic N) is 3. The Morgan fingerprint density at radius 1 is 1.57 bits per heavy atom. The van der Waals surface area contributed by atoms with Crippen LogP contribution in [0.25, 0.3) is 0 Å². The summed E-state index contributed by atoms with van der Waals surface area (Å²) in [6.07, 6.45) is 1.78. The van der Waals surface area contributed by atoms with E-state index in [2.05, 4.69) is 28.8 Å². The van der Waals surface area contributed by atoms with Gasteiger partial charge < -0.3 is 10.6 Å². The number of pyridine rings is 1. The molecule has 0 aliphatic carbocycles. The predicted molar refractivity (Wildman–Crippen MR) is 58.0 cm³/mol. The zero-order valence-corrected chi connectivity index (χ0v) is 8.70. The summed E-state index contributed by atoms with van der Waals surface area (Å²) in [4.78, 5) is 8.86. The van der Waals surface area contributed by atoms with Gasteiger partial charge >= 0.3 is 0 Å². The van der Waals surface area contributed by atoms with E-state index in [1.54, 1.807) is 6.20 Å². The molecule has 0 saturated carbocycles. The molecule has 1 aromatic heterocycles. The van der Waals surface area contributed by atoms with Gasteiger partial charge in [0, 0.05) is 30.5 Å². The third-order valence-electron chi connectivity index (χ3n) is 2.59. The number of rotatable bonds is 1. The summed E-state index contributed by atoms with van der Waals surface area (Å²) in [7, 11) is 2.10. The second-order valence-electron chi connectivity index (χ2n) is 3.71. The molecule has 1 aliphatic heterocycles. The van der Waals surface area contributed by atoms with Gasteiger partial charge in [-0.1, -0.05) is 0 Å². The minimum absolute atomic E-state index is 0.847. The molecule has 4 heteroatoms. The maximum Gasteiger partial charge on any atom is 0.136 e. The Balaban J connectivity index is 2.45. The average molecular weight is 192 g/mol. The summed E-state index contributed by atoms with van der Waals surface area (Å²) in [6.45, 7) is 4.92. The lowest BCUT2D eigenvalue weighted by atomic mass is 10.1. The fourth-order valence-corrected chi connectivity index (χ4v) is 1.86. The van der Waals surface area contributed by atoms with Crippen molar-refractivity contribution in [1.29, 1.82) is 0 Å². The van der Waals surface area contributed by atoms with E-state index in [9.17, 15) is 0 Å². The number of nitrogen functional groups attached to an aromatic ring is 1. The SMILES string of the molecule is CCN1CN(C)Cc2c(N)ccnc21. The van der Waals surface area contributed by atoms with Gasteiger partial charge in [0.25, 0.3) is 0 Å². The summed E-state index contributed by atoms with van der Waals surface area (Å²) < 4.78 is 0. The first-order valence-electron chi connectivity index (χ1n) is 4.89. The molecule has 0 aromatic carbocycles. The van der Waals surface area contributed by atoms with Crippen molar-refractivity contribution in [3.05, 3.63) is 17.8 Å². The zero-order valence-electron chi connectivity index (χ0n) is 8.70. The molecular weight excluding hydrogens is 176 g/mol. The summed E-state index contributed by atoms with van der Waals surface area (Å²) in [5, 5.41) is 0. The Morgan fingerprint density at radius 2 is 2.36 bits per heavy atom. The quantitative estimate of drug-likeness (QED) is 0.718. The van der Waals surface area contributed by atoms with Crippen LogP contribution in [0.3, 0.4) is 0 Å². The molecule has 0 spiro atoms. The smallest absolute Gasteiger partial charge is 0.136 e. The normalized spacial score (nSPS) is 16.9. The molecule has 0 unspecified atom stereocenters. The van der Waals surface area contributed by atoms with E-state index < -0.39 is 0 Å². The van der Waals surface area contributed by atoms with Crippen molar-refractivity contribution >= 4 is 11.5 Å². The Bertz CT molecular complexity index is 337. The minimum atomic E-state index is 0.847. The topological polar surface area (TPSA) is 45.4 Å². The van der Waals surface area contributed by atoms with E-state index >= 15 is 0 Å². The third-order valence-corrected chi connectivity index (χ3v) is 2.59. The summed E-state index contributed by atoms with van der Waals surface area (Å²) >= 11 is 0. The molecule has 4 nitrogen and oxygen atoms in total. The van der Waals surface area contributed by atoms with E-state index in [0.717, 1.165) is 36.8 Å². The lowest BCUT2D eigenvalue weighted by molar-refractivity contribution is 0.309. The van der Waals surface area contributed by atoms with E-state index in [0.29, 0.717) is 0 Å². The minimum Gasteiger partial charge on any atom is -0.398 e. The molecule has 2 rings (SSSR count). The van der Waals surface area contributed by atoms with Gasteiger partial charge in [-0.15, -0.1) is 0 Å². The number of fused-ring (bicyclic) bond motifs is 1. The molecule has 1 aromatic rings. The van der Waals surface area contributed by atoms with Crippen LogP contribution in [0.15, 0.2) is 12.3 Å². The highest BCUT2D eigenvalue weighted by Gasteiger charge is 2.21. The number of hydrogen-bond donors (Lipinski definition) is 1. The van der Waals surface area contributed by atoms with Crippen LogP contribution < -0.4 is 10.6 Å². The largest absolute Gasteiger partial charge is 0.398 e. The van der Waals surface area contributed by atoms with Gasteiger partial charge in [0.1, 0.15) is 5.82 Å². The zero-order chi connectivity index (χ0) is 10.1. The first kappa shape index (κ1) is 9.27. The van der Waals surface area contributed by atoms with Gasteiger partial charge in [-0.3, -0.25) is 4.90 Å². The van der Waals surface area contributed by atoms with Crippen LogP contribution in [0.5, 0.6) is 0 Å². The van der Waals surface area contributed by atoms with Crippen molar-refractivity contribution in [2.24, 2.45) is 0 Å². The number of hydrogen-bond acceptors (Lipinski definition) is 4. The number of aromatic nitrogens is 1. The maximum absolute atomic E-state index is 5.93. The van der Waals surface area contributed by atoms with Crippen molar-refractivity contribution in [3.63, 3.8) is 0 Å². The van der Waals surface area contributed by atoms with E-state index in [1.807, 2.05) is 6.07 Å². The molecule has 76 valence electrons. The van der Waals surface area contributed by atoms with Crippen molar-refractivity contribution in [1.82, 2.24) is 9.88 Å². The summed E-state index contributed by atoms with van der Waals surface area (Å²) in [5.74, 6) is 1.05. The number of nitrogens with two attached hydrogens (primary N) is 1. The van der Waals surface area contributed by atoms with Crippen LogP contribution in [0.1, 0.15) is 12.5 Å².